The van der Waals surface area contributed by atoms with E-state index in [4.69, 9.17) is 16.6 Å². The van der Waals surface area contributed by atoms with E-state index in [1.807, 2.05) is 30.3 Å². The molecule has 2 heterocycles. The van der Waals surface area contributed by atoms with E-state index in [0.717, 1.165) is 22.7 Å². The summed E-state index contributed by atoms with van der Waals surface area (Å²) in [4.78, 5) is 6.46. The number of rotatable bonds is 5. The predicted octanol–water partition coefficient (Wildman–Crippen LogP) is 4.69. The van der Waals surface area contributed by atoms with E-state index in [9.17, 15) is 0 Å². The van der Waals surface area contributed by atoms with Gasteiger partial charge in [-0.1, -0.05) is 18.2 Å². The van der Waals surface area contributed by atoms with Gasteiger partial charge in [-0.2, -0.15) is 0 Å². The molecule has 1 N–H and O–H groups in total. The van der Waals surface area contributed by atoms with Crippen molar-refractivity contribution in [3.63, 3.8) is 0 Å². The monoisotopic (exact) mass is 351 g/mol. The first-order chi connectivity index (χ1) is 12.1. The smallest absolute Gasteiger partial charge is 0.174 e. The Morgan fingerprint density at radius 1 is 1.12 bits per heavy atom. The van der Waals surface area contributed by atoms with Crippen molar-refractivity contribution in [1.82, 2.24) is 9.88 Å². The molecule has 0 fully saturated rings. The predicted molar refractivity (Wildman–Crippen MR) is 104 cm³/mol. The molecule has 3 rings (SSSR count). The average molecular weight is 351 g/mol. The lowest BCUT2D eigenvalue weighted by Gasteiger charge is -2.25. The van der Waals surface area contributed by atoms with Crippen LogP contribution in [-0.2, 0) is 13.1 Å². The third kappa shape index (κ3) is 4.67. The van der Waals surface area contributed by atoms with Crippen LogP contribution in [0.25, 0.3) is 0 Å². The van der Waals surface area contributed by atoms with Crippen molar-refractivity contribution in [3.8, 4) is 0 Å². The Labute approximate surface area is 153 Å². The van der Waals surface area contributed by atoms with Crippen LogP contribution in [0.5, 0.6) is 0 Å². The summed E-state index contributed by atoms with van der Waals surface area (Å²) in [6, 6.07) is 16.0. The van der Waals surface area contributed by atoms with Crippen LogP contribution in [0.1, 0.15) is 22.6 Å². The number of nitrogens with one attached hydrogen (secondary N) is 1. The molecule has 1 aromatic carbocycles. The summed E-state index contributed by atoms with van der Waals surface area (Å²) in [5.74, 6) is 0.862. The Morgan fingerprint density at radius 2 is 2.00 bits per heavy atom. The highest BCUT2D eigenvalue weighted by molar-refractivity contribution is 7.80. The highest BCUT2D eigenvalue weighted by atomic mass is 32.1. The number of pyridine rings is 1. The summed E-state index contributed by atoms with van der Waals surface area (Å²) < 4.78 is 5.50. The molecule has 2 aromatic heterocycles. The van der Waals surface area contributed by atoms with Crippen molar-refractivity contribution in [3.05, 3.63) is 83.6 Å². The molecule has 0 aliphatic rings. The topological polar surface area (TPSA) is 41.3 Å². The molecule has 0 atom stereocenters. The van der Waals surface area contributed by atoms with Gasteiger partial charge >= 0.3 is 0 Å². The van der Waals surface area contributed by atoms with E-state index in [-0.39, 0.29) is 0 Å². The zero-order valence-electron chi connectivity index (χ0n) is 14.4. The molecule has 25 heavy (non-hydrogen) atoms. The largest absolute Gasteiger partial charge is 0.467 e. The van der Waals surface area contributed by atoms with Crippen LogP contribution in [0.2, 0.25) is 0 Å². The molecule has 5 heteroatoms. The number of nitrogens with zero attached hydrogens (tertiary/aromatic N) is 2. The number of benzene rings is 1. The lowest BCUT2D eigenvalue weighted by atomic mass is 10.1. The molecule has 128 valence electrons. The van der Waals surface area contributed by atoms with Crippen LogP contribution < -0.4 is 5.32 Å². The minimum absolute atomic E-state index is 0.584. The van der Waals surface area contributed by atoms with E-state index in [1.54, 1.807) is 12.5 Å². The molecule has 0 aliphatic heterocycles. The molecule has 0 unspecified atom stereocenters. The van der Waals surface area contributed by atoms with Gasteiger partial charge in [0.15, 0.2) is 5.11 Å². The molecule has 0 radical (unpaired) electrons. The van der Waals surface area contributed by atoms with E-state index in [2.05, 4.69) is 47.2 Å². The molecular formula is C20H21N3OS. The molecule has 0 aliphatic carbocycles. The minimum atomic E-state index is 0.584. The van der Waals surface area contributed by atoms with Crippen molar-refractivity contribution in [2.24, 2.45) is 0 Å². The maximum absolute atomic E-state index is 5.68. The van der Waals surface area contributed by atoms with Gasteiger partial charge in [-0.25, -0.2) is 0 Å². The molecule has 0 spiro atoms. The van der Waals surface area contributed by atoms with Crippen molar-refractivity contribution >= 4 is 23.0 Å². The first kappa shape index (κ1) is 17.2. The minimum Gasteiger partial charge on any atom is -0.467 e. The van der Waals surface area contributed by atoms with E-state index >= 15 is 0 Å². The summed E-state index contributed by atoms with van der Waals surface area (Å²) in [6.45, 7) is 5.33. The van der Waals surface area contributed by atoms with Crippen molar-refractivity contribution in [1.29, 1.82) is 0 Å². The third-order valence-corrected chi connectivity index (χ3v) is 4.29. The fourth-order valence-electron chi connectivity index (χ4n) is 2.54. The zero-order chi connectivity index (χ0) is 17.6. The van der Waals surface area contributed by atoms with Gasteiger partial charge in [-0.15, -0.1) is 0 Å². The molecule has 0 bridgehead atoms. The Hall–Kier alpha value is -2.66. The fourth-order valence-corrected chi connectivity index (χ4v) is 2.78. The summed E-state index contributed by atoms with van der Waals surface area (Å²) in [5, 5.41) is 4.02. The second-order valence-corrected chi connectivity index (χ2v) is 6.39. The van der Waals surface area contributed by atoms with Crippen LogP contribution in [0.15, 0.2) is 65.4 Å². The molecule has 3 aromatic rings. The maximum Gasteiger partial charge on any atom is 0.174 e. The van der Waals surface area contributed by atoms with Crippen LogP contribution in [0.4, 0.5) is 5.69 Å². The average Bonchev–Trinajstić information content (AvgIpc) is 3.11. The van der Waals surface area contributed by atoms with E-state index in [0.29, 0.717) is 18.2 Å². The lowest BCUT2D eigenvalue weighted by Crippen LogP contribution is -2.34. The summed E-state index contributed by atoms with van der Waals surface area (Å²) in [5.41, 5.74) is 4.33. The highest BCUT2D eigenvalue weighted by Gasteiger charge is 2.14. The van der Waals surface area contributed by atoms with Crippen molar-refractivity contribution in [2.75, 3.05) is 5.32 Å². The van der Waals surface area contributed by atoms with Crippen LogP contribution in [0, 0.1) is 13.8 Å². The van der Waals surface area contributed by atoms with Gasteiger partial charge in [0.1, 0.15) is 5.76 Å². The first-order valence-corrected chi connectivity index (χ1v) is 8.58. The molecule has 4 nitrogen and oxygen atoms in total. The van der Waals surface area contributed by atoms with E-state index in [1.165, 1.54) is 5.56 Å². The highest BCUT2D eigenvalue weighted by Crippen LogP contribution is 2.18. The number of aromatic nitrogens is 1. The first-order valence-electron chi connectivity index (χ1n) is 8.17. The van der Waals surface area contributed by atoms with Gasteiger partial charge in [0.05, 0.1) is 25.0 Å². The van der Waals surface area contributed by atoms with Crippen molar-refractivity contribution in [2.45, 2.75) is 26.9 Å². The second kappa shape index (κ2) is 7.94. The number of hydrogen-bond donors (Lipinski definition) is 1. The van der Waals surface area contributed by atoms with Crippen LogP contribution in [0.3, 0.4) is 0 Å². The van der Waals surface area contributed by atoms with E-state index < -0.39 is 0 Å². The van der Waals surface area contributed by atoms with Gasteiger partial charge in [0, 0.05) is 11.9 Å². The number of thiocarbonyl (C=S) groups is 1. The number of furan rings is 1. The molecular weight excluding hydrogens is 330 g/mol. The second-order valence-electron chi connectivity index (χ2n) is 6.01. The van der Waals surface area contributed by atoms with Gasteiger partial charge in [-0.3, -0.25) is 4.98 Å². The standard InChI is InChI=1S/C20H21N3OS/c1-15-8-9-16(2)19(12-15)22-20(25)23(14-18-7-5-11-24-18)13-17-6-3-4-10-21-17/h3-12H,13-14H2,1-2H3,(H,22,25). The molecule has 0 amide bonds. The number of anilines is 1. The Bertz CT molecular complexity index is 831. The van der Waals surface area contributed by atoms with Gasteiger partial charge < -0.3 is 14.6 Å². The Balaban J connectivity index is 1.79. The fraction of sp³-hybridized carbons (Fsp3) is 0.200. The summed E-state index contributed by atoms with van der Waals surface area (Å²) in [7, 11) is 0. The normalized spacial score (nSPS) is 10.5. The zero-order valence-corrected chi connectivity index (χ0v) is 15.2. The van der Waals surface area contributed by atoms with Gasteiger partial charge in [0.2, 0.25) is 0 Å². The molecule has 0 saturated heterocycles. The molecule has 0 saturated carbocycles. The summed E-state index contributed by atoms with van der Waals surface area (Å²) in [6.07, 6.45) is 3.47. The maximum atomic E-state index is 5.68. The van der Waals surface area contributed by atoms with Gasteiger partial charge in [0.25, 0.3) is 0 Å². The van der Waals surface area contributed by atoms with Crippen LogP contribution >= 0.6 is 12.2 Å². The SMILES string of the molecule is Cc1ccc(C)c(NC(=S)N(Cc2ccccn2)Cc2ccco2)c1. The lowest BCUT2D eigenvalue weighted by molar-refractivity contribution is 0.357. The third-order valence-electron chi connectivity index (χ3n) is 3.93. The Kier molecular flexibility index (Phi) is 5.46. The summed E-state index contributed by atoms with van der Waals surface area (Å²) >= 11 is 5.68. The Morgan fingerprint density at radius 3 is 2.72 bits per heavy atom. The van der Waals surface area contributed by atoms with Gasteiger partial charge in [-0.05, 0) is 67.5 Å². The quantitative estimate of drug-likeness (QED) is 0.675. The van der Waals surface area contributed by atoms with Crippen LogP contribution in [-0.4, -0.2) is 15.0 Å². The van der Waals surface area contributed by atoms with Crippen molar-refractivity contribution < 1.29 is 4.42 Å². The number of hydrogen-bond acceptors (Lipinski definition) is 3. The number of aryl methyl sites for hydroxylation is 2.